The number of rotatable bonds is 51. The maximum atomic E-state index is 12.9. The Hall–Kier alpha value is -3.67. The molecule has 0 aromatic heterocycles. The van der Waals surface area contributed by atoms with E-state index in [0.29, 0.717) is 19.3 Å². The number of ether oxygens (including phenoxy) is 3. The number of unbranched alkanes of at least 4 members (excludes halogenated alkanes) is 29. The van der Waals surface area contributed by atoms with Crippen LogP contribution in [0, 0.1) is 0 Å². The molecule has 0 bridgehead atoms. The highest BCUT2D eigenvalue weighted by Crippen LogP contribution is 2.14. The molecule has 1 atom stereocenters. The number of hydrogen-bond acceptors (Lipinski definition) is 6. The Morgan fingerprint density at radius 1 is 0.290 bits per heavy atom. The van der Waals surface area contributed by atoms with Crippen LogP contribution in [0.15, 0.2) is 97.2 Å². The van der Waals surface area contributed by atoms with E-state index in [9.17, 15) is 14.4 Å². The Morgan fingerprint density at radius 3 is 0.899 bits per heavy atom. The first-order chi connectivity index (χ1) is 34.0. The summed E-state index contributed by atoms with van der Waals surface area (Å²) in [6.07, 6.45) is 75.2. The molecule has 0 radical (unpaired) electrons. The second-order valence-corrected chi connectivity index (χ2v) is 19.0. The highest BCUT2D eigenvalue weighted by atomic mass is 16.6. The van der Waals surface area contributed by atoms with Gasteiger partial charge in [-0.3, -0.25) is 14.4 Å². The predicted molar refractivity (Wildman–Crippen MR) is 297 cm³/mol. The molecule has 0 saturated carbocycles. The minimum atomic E-state index is -0.802. The lowest BCUT2D eigenvalue weighted by Crippen LogP contribution is -2.30. The molecule has 0 aromatic rings. The Morgan fingerprint density at radius 2 is 0.536 bits per heavy atom. The van der Waals surface area contributed by atoms with Crippen molar-refractivity contribution in [2.75, 3.05) is 13.2 Å². The third-order valence-electron chi connectivity index (χ3n) is 12.2. The maximum absolute atomic E-state index is 12.9. The van der Waals surface area contributed by atoms with E-state index in [0.717, 1.165) is 109 Å². The summed E-state index contributed by atoms with van der Waals surface area (Å²) in [4.78, 5) is 38.2. The predicted octanol–water partition coefficient (Wildman–Crippen LogP) is 19.3. The summed E-state index contributed by atoms with van der Waals surface area (Å²) in [6, 6.07) is 0. The molecular formula is C63H106O6. The standard InChI is InChI=1S/C63H106O6/c1-4-7-10-13-16-19-22-25-28-30-32-35-38-41-44-47-50-53-56-62(65)68-59-60(58-67-61(64)55-52-49-46-43-40-37-34-27-24-21-18-15-12-9-6-3)69-63(66)57-54-51-48-45-42-39-36-33-31-29-26-23-20-17-14-11-8-5-2/h16,19,21-26,28-33,35-36,60H,4-15,17-18,20,27,34,37-59H2,1-3H3/b19-16-,24-21-,25-22-,26-23-,30-28-,31-29-,35-32-,36-33-. The van der Waals surface area contributed by atoms with Gasteiger partial charge in [0.05, 0.1) is 0 Å². The fraction of sp³-hybridized carbons (Fsp3) is 0.698. The first-order valence-electron chi connectivity index (χ1n) is 28.8. The van der Waals surface area contributed by atoms with Gasteiger partial charge in [-0.1, -0.05) is 246 Å². The molecule has 0 aliphatic carbocycles. The van der Waals surface area contributed by atoms with Crippen LogP contribution >= 0.6 is 0 Å². The van der Waals surface area contributed by atoms with Crippen molar-refractivity contribution < 1.29 is 28.6 Å². The maximum Gasteiger partial charge on any atom is 0.306 e. The van der Waals surface area contributed by atoms with Crippen molar-refractivity contribution in [2.45, 2.75) is 271 Å². The van der Waals surface area contributed by atoms with Gasteiger partial charge in [-0.2, -0.15) is 0 Å². The molecule has 69 heavy (non-hydrogen) atoms. The molecule has 1 unspecified atom stereocenters. The van der Waals surface area contributed by atoms with E-state index in [1.807, 2.05) is 0 Å². The average Bonchev–Trinajstić information content (AvgIpc) is 3.35. The largest absolute Gasteiger partial charge is 0.462 e. The summed E-state index contributed by atoms with van der Waals surface area (Å²) >= 11 is 0. The van der Waals surface area contributed by atoms with Crippen LogP contribution in [-0.4, -0.2) is 37.2 Å². The smallest absolute Gasteiger partial charge is 0.306 e. The third-order valence-corrected chi connectivity index (χ3v) is 12.2. The number of hydrogen-bond donors (Lipinski definition) is 0. The highest BCUT2D eigenvalue weighted by Gasteiger charge is 2.19. The molecule has 0 spiro atoms. The fourth-order valence-corrected chi connectivity index (χ4v) is 7.80. The zero-order chi connectivity index (χ0) is 50.0. The van der Waals surface area contributed by atoms with Gasteiger partial charge in [0, 0.05) is 19.3 Å². The first-order valence-corrected chi connectivity index (χ1v) is 28.8. The van der Waals surface area contributed by atoms with Gasteiger partial charge in [-0.05, 0) is 96.3 Å². The average molecular weight is 960 g/mol. The molecule has 6 heteroatoms. The number of carbonyl (C=O) groups excluding carboxylic acids is 3. The summed E-state index contributed by atoms with van der Waals surface area (Å²) in [5, 5.41) is 0. The van der Waals surface area contributed by atoms with Gasteiger partial charge in [-0.15, -0.1) is 0 Å². The normalized spacial score (nSPS) is 12.8. The van der Waals surface area contributed by atoms with Gasteiger partial charge >= 0.3 is 17.9 Å². The van der Waals surface area contributed by atoms with Gasteiger partial charge in [0.2, 0.25) is 0 Å². The van der Waals surface area contributed by atoms with E-state index in [2.05, 4.69) is 118 Å². The van der Waals surface area contributed by atoms with Crippen LogP contribution in [0.1, 0.15) is 265 Å². The molecule has 0 aliphatic rings. The minimum absolute atomic E-state index is 0.0966. The lowest BCUT2D eigenvalue weighted by molar-refractivity contribution is -0.167. The number of esters is 3. The fourth-order valence-electron chi connectivity index (χ4n) is 7.80. The molecule has 0 fully saturated rings. The Labute approximate surface area is 426 Å². The van der Waals surface area contributed by atoms with E-state index >= 15 is 0 Å². The lowest BCUT2D eigenvalue weighted by atomic mass is 10.1. The molecule has 0 saturated heterocycles. The number of allylic oxidation sites excluding steroid dienone is 16. The Kier molecular flexibility index (Phi) is 53.9. The van der Waals surface area contributed by atoms with Crippen LogP contribution in [0.5, 0.6) is 0 Å². The Balaban J connectivity index is 4.50. The molecule has 6 nitrogen and oxygen atoms in total. The second kappa shape index (κ2) is 56.9. The second-order valence-electron chi connectivity index (χ2n) is 19.0. The molecule has 0 heterocycles. The van der Waals surface area contributed by atoms with Crippen LogP contribution in [0.4, 0.5) is 0 Å². The van der Waals surface area contributed by atoms with Crippen molar-refractivity contribution >= 4 is 17.9 Å². The van der Waals surface area contributed by atoms with Crippen molar-refractivity contribution in [3.8, 4) is 0 Å². The van der Waals surface area contributed by atoms with Crippen molar-refractivity contribution in [3.05, 3.63) is 97.2 Å². The topological polar surface area (TPSA) is 78.9 Å². The third kappa shape index (κ3) is 55.1. The summed E-state index contributed by atoms with van der Waals surface area (Å²) in [5.41, 5.74) is 0. The highest BCUT2D eigenvalue weighted by molar-refractivity contribution is 5.71. The molecule has 0 rings (SSSR count). The van der Waals surface area contributed by atoms with Gasteiger partial charge in [0.25, 0.3) is 0 Å². The molecule has 0 aromatic carbocycles. The molecule has 394 valence electrons. The molecular weight excluding hydrogens is 853 g/mol. The van der Waals surface area contributed by atoms with Crippen molar-refractivity contribution in [2.24, 2.45) is 0 Å². The minimum Gasteiger partial charge on any atom is -0.462 e. The van der Waals surface area contributed by atoms with Gasteiger partial charge in [0.1, 0.15) is 13.2 Å². The van der Waals surface area contributed by atoms with Gasteiger partial charge in [-0.25, -0.2) is 0 Å². The van der Waals surface area contributed by atoms with Crippen molar-refractivity contribution in [3.63, 3.8) is 0 Å². The van der Waals surface area contributed by atoms with Crippen LogP contribution in [0.2, 0.25) is 0 Å². The first kappa shape index (κ1) is 65.3. The quantitative estimate of drug-likeness (QED) is 0.0199. The molecule has 0 aliphatic heterocycles. The summed E-state index contributed by atoms with van der Waals surface area (Å²) in [7, 11) is 0. The summed E-state index contributed by atoms with van der Waals surface area (Å²) in [5.74, 6) is -0.941. The van der Waals surface area contributed by atoms with Crippen LogP contribution < -0.4 is 0 Å². The van der Waals surface area contributed by atoms with Gasteiger partial charge < -0.3 is 14.2 Å². The Bertz CT molecular complexity index is 1380. The van der Waals surface area contributed by atoms with Gasteiger partial charge in [0.15, 0.2) is 6.10 Å². The zero-order valence-electron chi connectivity index (χ0n) is 45.0. The van der Waals surface area contributed by atoms with E-state index in [4.69, 9.17) is 14.2 Å². The van der Waals surface area contributed by atoms with Crippen LogP contribution in [0.3, 0.4) is 0 Å². The summed E-state index contributed by atoms with van der Waals surface area (Å²) in [6.45, 7) is 6.54. The van der Waals surface area contributed by atoms with Crippen LogP contribution in [0.25, 0.3) is 0 Å². The van der Waals surface area contributed by atoms with Crippen LogP contribution in [-0.2, 0) is 28.6 Å². The van der Waals surface area contributed by atoms with E-state index in [-0.39, 0.29) is 31.1 Å². The zero-order valence-corrected chi connectivity index (χ0v) is 45.0. The summed E-state index contributed by atoms with van der Waals surface area (Å²) < 4.78 is 16.8. The molecule has 0 N–H and O–H groups in total. The monoisotopic (exact) mass is 959 g/mol. The SMILES string of the molecule is CCCCC\C=C/C=C\C=C/C=C\CCCCCCCC(=O)OCC(COC(=O)CCCCCCCCC/C=C\CCCCCC)OC(=O)CCCCCCC\C=C/C=C\C=C/CCCCCCC. The van der Waals surface area contributed by atoms with Crippen molar-refractivity contribution in [1.29, 1.82) is 0 Å². The number of carbonyl (C=O) groups is 3. The molecule has 0 amide bonds. The van der Waals surface area contributed by atoms with E-state index in [1.54, 1.807) is 0 Å². The van der Waals surface area contributed by atoms with E-state index in [1.165, 1.54) is 116 Å². The van der Waals surface area contributed by atoms with E-state index < -0.39 is 6.10 Å². The lowest BCUT2D eigenvalue weighted by Gasteiger charge is -2.18. The van der Waals surface area contributed by atoms with Crippen molar-refractivity contribution in [1.82, 2.24) is 0 Å².